The zero-order chi connectivity index (χ0) is 18.2. The summed E-state index contributed by atoms with van der Waals surface area (Å²) < 4.78 is 7.08. The monoisotopic (exact) mass is 476 g/mol. The highest BCUT2D eigenvalue weighted by Crippen LogP contribution is 2.16. The van der Waals surface area contributed by atoms with Crippen LogP contribution < -0.4 is 10.2 Å². The Bertz CT molecular complexity index is 881. The lowest BCUT2D eigenvalue weighted by Gasteiger charge is -2.07. The maximum absolute atomic E-state index is 6.13. The molecular formula is C21H18ClIN2O. The van der Waals surface area contributed by atoms with Crippen molar-refractivity contribution < 1.29 is 4.74 Å². The minimum atomic E-state index is 0.544. The molecule has 0 saturated carbocycles. The van der Waals surface area contributed by atoms with Crippen molar-refractivity contribution in [3.8, 4) is 5.75 Å². The maximum Gasteiger partial charge on any atom is 0.120 e. The van der Waals surface area contributed by atoms with Crippen LogP contribution in [-0.4, -0.2) is 6.21 Å². The molecule has 26 heavy (non-hydrogen) atoms. The van der Waals surface area contributed by atoms with Gasteiger partial charge >= 0.3 is 0 Å². The summed E-state index contributed by atoms with van der Waals surface area (Å²) in [7, 11) is 0. The van der Waals surface area contributed by atoms with Crippen LogP contribution in [0, 0.1) is 3.57 Å². The molecule has 0 atom stereocenters. The molecule has 1 N–H and O–H groups in total. The average molecular weight is 477 g/mol. The van der Waals surface area contributed by atoms with Gasteiger partial charge in [-0.05, 0) is 69.6 Å². The summed E-state index contributed by atoms with van der Waals surface area (Å²) in [5, 5.41) is 4.99. The lowest BCUT2D eigenvalue weighted by atomic mass is 10.2. The van der Waals surface area contributed by atoms with E-state index in [-0.39, 0.29) is 0 Å². The van der Waals surface area contributed by atoms with E-state index in [0.29, 0.717) is 13.2 Å². The topological polar surface area (TPSA) is 33.6 Å². The molecule has 5 heteroatoms. The number of rotatable bonds is 7. The van der Waals surface area contributed by atoms with Gasteiger partial charge in [-0.25, -0.2) is 0 Å². The Labute approximate surface area is 172 Å². The Morgan fingerprint density at radius 3 is 2.62 bits per heavy atom. The van der Waals surface area contributed by atoms with Crippen LogP contribution in [0.5, 0.6) is 5.75 Å². The number of hydrogen-bond acceptors (Lipinski definition) is 3. The first kappa shape index (κ1) is 18.7. The largest absolute Gasteiger partial charge is 0.489 e. The van der Waals surface area contributed by atoms with E-state index in [0.717, 1.165) is 27.5 Å². The zero-order valence-electron chi connectivity index (χ0n) is 14.0. The third kappa shape index (κ3) is 5.75. The molecular weight excluding hydrogens is 459 g/mol. The molecule has 3 nitrogen and oxygen atoms in total. The number of benzene rings is 3. The third-order valence-corrected chi connectivity index (χ3v) is 4.80. The smallest absolute Gasteiger partial charge is 0.120 e. The van der Waals surface area contributed by atoms with E-state index in [2.05, 4.69) is 57.4 Å². The third-order valence-electron chi connectivity index (χ3n) is 3.71. The van der Waals surface area contributed by atoms with Gasteiger partial charge in [-0.2, -0.15) is 5.10 Å². The van der Waals surface area contributed by atoms with E-state index in [1.807, 2.05) is 48.5 Å². The highest BCUT2D eigenvalue weighted by molar-refractivity contribution is 14.1. The van der Waals surface area contributed by atoms with Crippen molar-refractivity contribution in [2.45, 2.75) is 13.2 Å². The number of halogens is 2. The van der Waals surface area contributed by atoms with Gasteiger partial charge in [0.2, 0.25) is 0 Å². The molecule has 3 rings (SSSR count). The van der Waals surface area contributed by atoms with Gasteiger partial charge in [0.25, 0.3) is 0 Å². The highest BCUT2D eigenvalue weighted by atomic mass is 127. The summed E-state index contributed by atoms with van der Waals surface area (Å²) in [6.45, 7) is 1.13. The number of nitrogens with one attached hydrogen (secondary N) is 1. The lowest BCUT2D eigenvalue weighted by molar-refractivity contribution is 0.306. The van der Waals surface area contributed by atoms with Crippen molar-refractivity contribution >= 4 is 40.4 Å². The first-order valence-electron chi connectivity index (χ1n) is 8.17. The van der Waals surface area contributed by atoms with E-state index >= 15 is 0 Å². The molecule has 3 aromatic rings. The van der Waals surface area contributed by atoms with Gasteiger partial charge in [-0.1, -0.05) is 54.1 Å². The standard InChI is InChI=1S/C21H18ClIN2O/c22-21-7-2-1-5-18(21)14-25-24-13-17-4-3-6-20(12-17)26-15-16-8-10-19(23)11-9-16/h1-13,25H,14-15H2/b24-13-. The molecule has 0 aliphatic carbocycles. The van der Waals surface area contributed by atoms with Crippen LogP contribution >= 0.6 is 34.2 Å². The molecule has 0 amide bonds. The number of nitrogens with zero attached hydrogens (tertiary/aromatic N) is 1. The van der Waals surface area contributed by atoms with Crippen LogP contribution in [0.2, 0.25) is 5.02 Å². The van der Waals surface area contributed by atoms with Gasteiger partial charge in [0, 0.05) is 8.59 Å². The van der Waals surface area contributed by atoms with Crippen molar-refractivity contribution in [1.82, 2.24) is 5.43 Å². The summed E-state index contributed by atoms with van der Waals surface area (Å²) in [6, 6.07) is 23.9. The van der Waals surface area contributed by atoms with E-state index < -0.39 is 0 Å². The lowest BCUT2D eigenvalue weighted by Crippen LogP contribution is -2.06. The molecule has 3 aromatic carbocycles. The second-order valence-corrected chi connectivity index (χ2v) is 7.32. The molecule has 0 spiro atoms. The second-order valence-electron chi connectivity index (χ2n) is 5.67. The second kappa shape index (κ2) is 9.59. The molecule has 132 valence electrons. The van der Waals surface area contributed by atoms with Crippen molar-refractivity contribution in [3.63, 3.8) is 0 Å². The fraction of sp³-hybridized carbons (Fsp3) is 0.0952. The van der Waals surface area contributed by atoms with Crippen LogP contribution in [0.1, 0.15) is 16.7 Å². The van der Waals surface area contributed by atoms with Crippen molar-refractivity contribution in [2.24, 2.45) is 5.10 Å². The van der Waals surface area contributed by atoms with E-state index in [1.54, 1.807) is 6.21 Å². The predicted octanol–water partition coefficient (Wildman–Crippen LogP) is 5.65. The molecule has 0 aromatic heterocycles. The van der Waals surface area contributed by atoms with Crippen LogP contribution in [0.25, 0.3) is 0 Å². The van der Waals surface area contributed by atoms with Gasteiger partial charge in [0.15, 0.2) is 0 Å². The molecule has 0 saturated heterocycles. The quantitative estimate of drug-likeness (QED) is 0.272. The molecule has 0 aliphatic heterocycles. The summed E-state index contributed by atoms with van der Waals surface area (Å²) in [4.78, 5) is 0. The molecule has 0 unspecified atom stereocenters. The number of hydrazone groups is 1. The minimum absolute atomic E-state index is 0.544. The summed E-state index contributed by atoms with van der Waals surface area (Å²) in [5.41, 5.74) is 6.15. The SMILES string of the molecule is Clc1ccccc1CN/N=C\c1cccc(OCc2ccc(I)cc2)c1. The Morgan fingerprint density at radius 1 is 1.00 bits per heavy atom. The fourth-order valence-electron chi connectivity index (χ4n) is 2.32. The summed E-state index contributed by atoms with van der Waals surface area (Å²) in [6.07, 6.45) is 1.77. The Hall–Kier alpha value is -2.05. The minimum Gasteiger partial charge on any atom is -0.489 e. The van der Waals surface area contributed by atoms with Crippen LogP contribution in [0.15, 0.2) is 77.9 Å². The van der Waals surface area contributed by atoms with Crippen LogP contribution in [0.4, 0.5) is 0 Å². The Balaban J connectivity index is 1.53. The molecule has 0 fully saturated rings. The first-order valence-corrected chi connectivity index (χ1v) is 9.63. The number of ether oxygens (including phenoxy) is 1. The molecule has 0 aliphatic rings. The highest BCUT2D eigenvalue weighted by Gasteiger charge is 1.99. The van der Waals surface area contributed by atoms with Gasteiger partial charge in [-0.3, -0.25) is 0 Å². The first-order chi connectivity index (χ1) is 12.7. The van der Waals surface area contributed by atoms with Crippen LogP contribution in [0.3, 0.4) is 0 Å². The molecule has 0 heterocycles. The predicted molar refractivity (Wildman–Crippen MR) is 116 cm³/mol. The van der Waals surface area contributed by atoms with Gasteiger partial charge < -0.3 is 10.2 Å². The average Bonchev–Trinajstić information content (AvgIpc) is 2.66. The van der Waals surface area contributed by atoms with Crippen molar-refractivity contribution in [3.05, 3.63) is 98.1 Å². The normalized spacial score (nSPS) is 10.8. The van der Waals surface area contributed by atoms with Gasteiger partial charge in [-0.15, -0.1) is 0 Å². The number of hydrogen-bond donors (Lipinski definition) is 1. The van der Waals surface area contributed by atoms with E-state index in [4.69, 9.17) is 16.3 Å². The molecule has 0 bridgehead atoms. The maximum atomic E-state index is 6.13. The zero-order valence-corrected chi connectivity index (χ0v) is 16.9. The van der Waals surface area contributed by atoms with Gasteiger partial charge in [0.05, 0.1) is 12.8 Å². The summed E-state index contributed by atoms with van der Waals surface area (Å²) in [5.74, 6) is 0.818. The Morgan fingerprint density at radius 2 is 1.81 bits per heavy atom. The van der Waals surface area contributed by atoms with Crippen molar-refractivity contribution in [1.29, 1.82) is 0 Å². The van der Waals surface area contributed by atoms with E-state index in [9.17, 15) is 0 Å². The summed E-state index contributed by atoms with van der Waals surface area (Å²) >= 11 is 8.42. The van der Waals surface area contributed by atoms with Gasteiger partial charge in [0.1, 0.15) is 12.4 Å². The van der Waals surface area contributed by atoms with E-state index in [1.165, 1.54) is 3.57 Å². The van der Waals surface area contributed by atoms with Crippen LogP contribution in [-0.2, 0) is 13.2 Å². The van der Waals surface area contributed by atoms with Crippen molar-refractivity contribution in [2.75, 3.05) is 0 Å². The molecule has 0 radical (unpaired) electrons. The Kier molecular flexibility index (Phi) is 6.91. The fourth-order valence-corrected chi connectivity index (χ4v) is 2.89.